The van der Waals surface area contributed by atoms with Gasteiger partial charge >= 0.3 is 6.03 Å². The maximum atomic E-state index is 12.8. The molecule has 1 aromatic carbocycles. The molecular weight excluding hydrogens is 372 g/mol. The first kappa shape index (κ1) is 21.0. The molecule has 0 spiro atoms. The van der Waals surface area contributed by atoms with Crippen LogP contribution in [0.3, 0.4) is 0 Å². The van der Waals surface area contributed by atoms with Gasteiger partial charge in [-0.1, -0.05) is 33.6 Å². The monoisotopic (exact) mass is 402 g/mol. The molecule has 4 amide bonds. The molecule has 1 aromatic rings. The number of carbonyl (C=O) groups excluding carboxylic acids is 3. The second kappa shape index (κ2) is 8.71. The highest BCUT2D eigenvalue weighted by Gasteiger charge is 2.32. The second-order valence-electron chi connectivity index (χ2n) is 8.59. The van der Waals surface area contributed by atoms with Gasteiger partial charge in [0.2, 0.25) is 11.8 Å². The van der Waals surface area contributed by atoms with E-state index >= 15 is 0 Å². The number of benzene rings is 1. The number of urea groups is 1. The molecule has 0 radical (unpaired) electrons. The molecule has 29 heavy (non-hydrogen) atoms. The van der Waals surface area contributed by atoms with Crippen molar-refractivity contribution in [3.8, 4) is 5.75 Å². The van der Waals surface area contributed by atoms with E-state index in [2.05, 4.69) is 16.0 Å². The summed E-state index contributed by atoms with van der Waals surface area (Å²) in [5, 5.41) is 8.17. The van der Waals surface area contributed by atoms with E-state index in [1.165, 1.54) is 0 Å². The minimum absolute atomic E-state index is 0.0144. The molecule has 0 atom stereocenters. The normalized spacial score (nSPS) is 16.6. The van der Waals surface area contributed by atoms with Gasteiger partial charge in [0.15, 0.2) is 0 Å². The zero-order valence-electron chi connectivity index (χ0n) is 17.3. The van der Waals surface area contributed by atoms with Crippen molar-refractivity contribution in [3.05, 3.63) is 18.2 Å². The molecule has 158 valence electrons. The first-order valence-electron chi connectivity index (χ1n) is 10.2. The summed E-state index contributed by atoms with van der Waals surface area (Å²) < 4.78 is 5.66. The van der Waals surface area contributed by atoms with Gasteiger partial charge in [-0.3, -0.25) is 14.9 Å². The Morgan fingerprint density at radius 2 is 1.90 bits per heavy atom. The van der Waals surface area contributed by atoms with Crippen LogP contribution in [0.4, 0.5) is 16.2 Å². The third-order valence-corrected chi connectivity index (χ3v) is 5.11. The fourth-order valence-corrected chi connectivity index (χ4v) is 3.59. The minimum atomic E-state index is -0.509. The quantitative estimate of drug-likeness (QED) is 0.719. The molecule has 1 fully saturated rings. The largest absolute Gasteiger partial charge is 0.490 e. The smallest absolute Gasteiger partial charge is 0.321 e. The van der Waals surface area contributed by atoms with Crippen molar-refractivity contribution in [1.29, 1.82) is 0 Å². The maximum Gasteiger partial charge on any atom is 0.321 e. The van der Waals surface area contributed by atoms with Gasteiger partial charge in [-0.2, -0.15) is 0 Å². The van der Waals surface area contributed by atoms with E-state index in [0.717, 1.165) is 25.7 Å². The number of nitrogens with one attached hydrogen (secondary N) is 3. The highest BCUT2D eigenvalue weighted by molar-refractivity contribution is 5.99. The molecule has 2 aliphatic rings. The summed E-state index contributed by atoms with van der Waals surface area (Å²) in [6, 6.07) is 5.07. The fourth-order valence-electron chi connectivity index (χ4n) is 3.59. The van der Waals surface area contributed by atoms with Crippen molar-refractivity contribution >= 4 is 29.2 Å². The fraction of sp³-hybridized carbons (Fsp3) is 0.571. The molecule has 0 saturated heterocycles. The van der Waals surface area contributed by atoms with Crippen LogP contribution in [0, 0.1) is 5.41 Å². The lowest BCUT2D eigenvalue weighted by molar-refractivity contribution is -0.126. The minimum Gasteiger partial charge on any atom is -0.490 e. The summed E-state index contributed by atoms with van der Waals surface area (Å²) in [5.74, 6) is 0.234. The SMILES string of the molecule is CC(C)(C)C(=O)N1CCOc2ccc(NCC(=O)NC(=O)NC3CCCC3)cc21. The van der Waals surface area contributed by atoms with Crippen LogP contribution in [0.5, 0.6) is 5.75 Å². The molecule has 8 nitrogen and oxygen atoms in total. The third kappa shape index (κ3) is 5.40. The van der Waals surface area contributed by atoms with Crippen LogP contribution in [0.25, 0.3) is 0 Å². The number of imide groups is 1. The zero-order chi connectivity index (χ0) is 21.0. The second-order valence-corrected chi connectivity index (χ2v) is 8.59. The highest BCUT2D eigenvalue weighted by atomic mass is 16.5. The predicted octanol–water partition coefficient (Wildman–Crippen LogP) is 2.64. The number of nitrogens with zero attached hydrogens (tertiary/aromatic N) is 1. The third-order valence-electron chi connectivity index (χ3n) is 5.11. The maximum absolute atomic E-state index is 12.8. The number of rotatable bonds is 4. The molecule has 0 aromatic heterocycles. The van der Waals surface area contributed by atoms with Crippen molar-refractivity contribution in [1.82, 2.24) is 10.6 Å². The standard InChI is InChI=1S/C21H30N4O4/c1-21(2,3)19(27)25-10-11-29-17-9-8-15(12-16(17)25)22-13-18(26)24-20(28)23-14-6-4-5-7-14/h8-9,12,14,22H,4-7,10-11,13H2,1-3H3,(H2,23,24,26,28). The van der Waals surface area contributed by atoms with E-state index in [4.69, 9.17) is 4.74 Å². The van der Waals surface area contributed by atoms with Crippen molar-refractivity contribution in [2.75, 3.05) is 29.9 Å². The summed E-state index contributed by atoms with van der Waals surface area (Å²) in [6.07, 6.45) is 4.14. The number of ether oxygens (including phenoxy) is 1. The van der Waals surface area contributed by atoms with Gasteiger partial charge in [0.05, 0.1) is 18.8 Å². The zero-order valence-corrected chi connectivity index (χ0v) is 17.3. The summed E-state index contributed by atoms with van der Waals surface area (Å²) in [7, 11) is 0. The molecule has 3 N–H and O–H groups in total. The molecule has 0 unspecified atom stereocenters. The lowest BCUT2D eigenvalue weighted by Crippen LogP contribution is -2.45. The van der Waals surface area contributed by atoms with E-state index in [1.54, 1.807) is 23.1 Å². The molecule has 3 rings (SSSR count). The Morgan fingerprint density at radius 1 is 1.17 bits per heavy atom. The van der Waals surface area contributed by atoms with E-state index < -0.39 is 17.4 Å². The Balaban J connectivity index is 1.58. The van der Waals surface area contributed by atoms with Gasteiger partial charge in [0.1, 0.15) is 12.4 Å². The molecule has 8 heteroatoms. The first-order chi connectivity index (χ1) is 13.7. The average Bonchev–Trinajstić information content (AvgIpc) is 3.17. The van der Waals surface area contributed by atoms with Gasteiger partial charge in [-0.25, -0.2) is 4.79 Å². The van der Waals surface area contributed by atoms with Gasteiger partial charge in [0.25, 0.3) is 0 Å². The van der Waals surface area contributed by atoms with Crippen molar-refractivity contribution in [2.45, 2.75) is 52.5 Å². The number of hydrogen-bond donors (Lipinski definition) is 3. The van der Waals surface area contributed by atoms with Gasteiger partial charge in [-0.15, -0.1) is 0 Å². The Kier molecular flexibility index (Phi) is 6.30. The van der Waals surface area contributed by atoms with Crippen LogP contribution < -0.4 is 25.6 Å². The lowest BCUT2D eigenvalue weighted by Gasteiger charge is -2.34. The van der Waals surface area contributed by atoms with Crippen LogP contribution in [0.2, 0.25) is 0 Å². The van der Waals surface area contributed by atoms with Crippen LogP contribution in [-0.2, 0) is 9.59 Å². The van der Waals surface area contributed by atoms with Gasteiger partial charge in [-0.05, 0) is 31.0 Å². The Morgan fingerprint density at radius 3 is 2.59 bits per heavy atom. The molecule has 1 heterocycles. The van der Waals surface area contributed by atoms with Gasteiger partial charge < -0.3 is 20.3 Å². The van der Waals surface area contributed by atoms with Crippen LogP contribution in [0.15, 0.2) is 18.2 Å². The number of amides is 4. The van der Waals surface area contributed by atoms with E-state index in [0.29, 0.717) is 30.3 Å². The van der Waals surface area contributed by atoms with E-state index in [9.17, 15) is 14.4 Å². The topological polar surface area (TPSA) is 99.8 Å². The van der Waals surface area contributed by atoms with Crippen LogP contribution in [0.1, 0.15) is 46.5 Å². The number of hydrogen-bond acceptors (Lipinski definition) is 5. The van der Waals surface area contributed by atoms with Crippen molar-refractivity contribution < 1.29 is 19.1 Å². The van der Waals surface area contributed by atoms with Crippen LogP contribution >= 0.6 is 0 Å². The molecule has 1 saturated carbocycles. The highest BCUT2D eigenvalue weighted by Crippen LogP contribution is 2.36. The van der Waals surface area contributed by atoms with E-state index in [1.807, 2.05) is 20.8 Å². The van der Waals surface area contributed by atoms with E-state index in [-0.39, 0.29) is 18.5 Å². The lowest BCUT2D eigenvalue weighted by atomic mass is 9.94. The Hall–Kier alpha value is -2.77. The Labute approximate surface area is 171 Å². The first-order valence-corrected chi connectivity index (χ1v) is 10.2. The molecule has 1 aliphatic heterocycles. The number of anilines is 2. The van der Waals surface area contributed by atoms with Crippen molar-refractivity contribution in [3.63, 3.8) is 0 Å². The molecule has 1 aliphatic carbocycles. The number of carbonyl (C=O) groups is 3. The Bertz CT molecular complexity index is 781. The summed E-state index contributed by atoms with van der Waals surface area (Å²) in [6.45, 7) is 6.52. The van der Waals surface area contributed by atoms with Crippen molar-refractivity contribution in [2.24, 2.45) is 5.41 Å². The summed E-state index contributed by atoms with van der Waals surface area (Å²) in [4.78, 5) is 38.4. The van der Waals surface area contributed by atoms with Crippen LogP contribution in [-0.4, -0.2) is 43.6 Å². The predicted molar refractivity (Wildman–Crippen MR) is 111 cm³/mol. The average molecular weight is 402 g/mol. The molecular formula is C21H30N4O4. The summed E-state index contributed by atoms with van der Waals surface area (Å²) in [5.41, 5.74) is 0.845. The molecule has 0 bridgehead atoms. The van der Waals surface area contributed by atoms with Gasteiger partial charge in [0, 0.05) is 17.1 Å². The number of fused-ring (bicyclic) bond motifs is 1. The summed E-state index contributed by atoms with van der Waals surface area (Å²) >= 11 is 0.